The second-order valence-corrected chi connectivity index (χ2v) is 6.01. The van der Waals surface area contributed by atoms with Gasteiger partial charge in [-0.1, -0.05) is 12.1 Å². The molecule has 1 aromatic carbocycles. The number of methoxy groups -OCH3 is 1. The maximum atomic E-state index is 5.82. The van der Waals surface area contributed by atoms with Crippen LogP contribution in [0, 0.1) is 0 Å². The molecule has 0 unspecified atom stereocenters. The fraction of sp³-hybridized carbons (Fsp3) is 0.529. The summed E-state index contributed by atoms with van der Waals surface area (Å²) in [6.07, 6.45) is 6.36. The molecule has 2 aliphatic rings. The lowest BCUT2D eigenvalue weighted by Gasteiger charge is -2.35. The summed E-state index contributed by atoms with van der Waals surface area (Å²) < 4.78 is 17.1. The van der Waals surface area contributed by atoms with Gasteiger partial charge in [0.05, 0.1) is 25.8 Å². The number of aromatic amines is 1. The van der Waals surface area contributed by atoms with Crippen LogP contribution in [-0.4, -0.2) is 31.1 Å². The van der Waals surface area contributed by atoms with Crippen molar-refractivity contribution in [2.24, 2.45) is 0 Å². The Bertz CT molecular complexity index is 633. The molecule has 4 rings (SSSR count). The first-order valence-corrected chi connectivity index (χ1v) is 7.73. The number of ether oxygens (including phenoxy) is 3. The van der Waals surface area contributed by atoms with E-state index in [1.54, 1.807) is 7.11 Å². The van der Waals surface area contributed by atoms with Gasteiger partial charge in [0.2, 0.25) is 0 Å². The number of benzene rings is 1. The molecular weight excluding hydrogens is 266 g/mol. The highest BCUT2D eigenvalue weighted by Crippen LogP contribution is 2.44. The van der Waals surface area contributed by atoms with Crippen LogP contribution in [0.5, 0.6) is 5.75 Å². The third kappa shape index (κ3) is 2.14. The normalized spacial score (nSPS) is 22.1. The molecule has 112 valence electrons. The van der Waals surface area contributed by atoms with Crippen LogP contribution in [-0.2, 0) is 9.47 Å². The quantitative estimate of drug-likeness (QED) is 0.918. The summed E-state index contributed by atoms with van der Waals surface area (Å²) in [7, 11) is 1.72. The fourth-order valence-corrected chi connectivity index (χ4v) is 3.81. The van der Waals surface area contributed by atoms with Gasteiger partial charge in [-0.2, -0.15) is 0 Å². The third-order valence-corrected chi connectivity index (χ3v) is 4.93. The predicted octanol–water partition coefficient (Wildman–Crippen LogP) is 3.58. The maximum Gasteiger partial charge on any atom is 0.168 e. The zero-order valence-corrected chi connectivity index (χ0v) is 12.4. The molecule has 0 amide bonds. The van der Waals surface area contributed by atoms with E-state index in [1.807, 2.05) is 6.07 Å². The van der Waals surface area contributed by atoms with Crippen molar-refractivity contribution in [2.45, 2.75) is 37.4 Å². The van der Waals surface area contributed by atoms with Crippen LogP contribution >= 0.6 is 0 Å². The molecule has 4 nitrogen and oxygen atoms in total. The van der Waals surface area contributed by atoms with Crippen molar-refractivity contribution in [2.75, 3.05) is 20.3 Å². The largest absolute Gasteiger partial charge is 0.495 e. The molecule has 0 atom stereocenters. The Hall–Kier alpha value is -1.52. The number of para-hydroxylation sites is 1. The van der Waals surface area contributed by atoms with E-state index in [0.29, 0.717) is 5.92 Å². The first kappa shape index (κ1) is 13.2. The average Bonchev–Trinajstić information content (AvgIpc) is 3.15. The zero-order chi connectivity index (χ0) is 14.3. The lowest BCUT2D eigenvalue weighted by molar-refractivity contribution is -0.178. The van der Waals surface area contributed by atoms with Crippen LogP contribution < -0.4 is 4.74 Å². The minimum absolute atomic E-state index is 0.277. The molecule has 1 saturated heterocycles. The van der Waals surface area contributed by atoms with E-state index in [1.165, 1.54) is 10.9 Å². The summed E-state index contributed by atoms with van der Waals surface area (Å²) in [5.74, 6) is 1.21. The van der Waals surface area contributed by atoms with Gasteiger partial charge in [-0.15, -0.1) is 0 Å². The number of rotatable bonds is 2. The molecule has 1 saturated carbocycles. The number of H-pyrrole nitrogens is 1. The smallest absolute Gasteiger partial charge is 0.168 e. The fourth-order valence-electron chi connectivity index (χ4n) is 3.81. The van der Waals surface area contributed by atoms with E-state index in [0.717, 1.165) is 50.2 Å². The van der Waals surface area contributed by atoms with Crippen LogP contribution in [0.4, 0.5) is 0 Å². The van der Waals surface area contributed by atoms with Crippen molar-refractivity contribution in [3.8, 4) is 5.75 Å². The number of aromatic nitrogens is 1. The maximum absolute atomic E-state index is 5.82. The molecule has 4 heteroatoms. The molecule has 1 spiro atoms. The van der Waals surface area contributed by atoms with Gasteiger partial charge in [-0.25, -0.2) is 0 Å². The van der Waals surface area contributed by atoms with Gasteiger partial charge in [0.15, 0.2) is 5.79 Å². The zero-order valence-electron chi connectivity index (χ0n) is 12.4. The van der Waals surface area contributed by atoms with Crippen LogP contribution in [0.15, 0.2) is 24.4 Å². The van der Waals surface area contributed by atoms with Crippen LogP contribution in [0.2, 0.25) is 0 Å². The Morgan fingerprint density at radius 1 is 1.19 bits per heavy atom. The molecule has 0 radical (unpaired) electrons. The van der Waals surface area contributed by atoms with Crippen LogP contribution in [0.25, 0.3) is 10.9 Å². The van der Waals surface area contributed by atoms with Crippen molar-refractivity contribution in [3.63, 3.8) is 0 Å². The van der Waals surface area contributed by atoms with Gasteiger partial charge < -0.3 is 19.2 Å². The number of fused-ring (bicyclic) bond motifs is 1. The van der Waals surface area contributed by atoms with E-state index < -0.39 is 0 Å². The lowest BCUT2D eigenvalue weighted by Crippen LogP contribution is -2.34. The van der Waals surface area contributed by atoms with E-state index in [4.69, 9.17) is 14.2 Å². The summed E-state index contributed by atoms with van der Waals surface area (Å²) in [6, 6.07) is 6.24. The molecule has 2 heterocycles. The topological polar surface area (TPSA) is 43.5 Å². The van der Waals surface area contributed by atoms with Gasteiger partial charge in [-0.3, -0.25) is 0 Å². The van der Waals surface area contributed by atoms with Gasteiger partial charge in [-0.05, 0) is 30.4 Å². The molecule has 21 heavy (non-hydrogen) atoms. The van der Waals surface area contributed by atoms with E-state index in [9.17, 15) is 0 Å². The SMILES string of the molecule is COc1cccc2c(C3CCC4(CC3)OCCO4)c[nH]c12. The minimum Gasteiger partial charge on any atom is -0.495 e. The number of nitrogens with one attached hydrogen (secondary N) is 1. The van der Waals surface area contributed by atoms with Crippen molar-refractivity contribution in [1.82, 2.24) is 4.98 Å². The van der Waals surface area contributed by atoms with Gasteiger partial charge in [0.1, 0.15) is 5.75 Å². The first-order valence-electron chi connectivity index (χ1n) is 7.73. The molecule has 1 aliphatic carbocycles. The van der Waals surface area contributed by atoms with E-state index in [-0.39, 0.29) is 5.79 Å². The number of hydrogen-bond acceptors (Lipinski definition) is 3. The van der Waals surface area contributed by atoms with Crippen LogP contribution in [0.1, 0.15) is 37.2 Å². The van der Waals surface area contributed by atoms with Gasteiger partial charge in [0, 0.05) is 24.4 Å². The highest BCUT2D eigenvalue weighted by atomic mass is 16.7. The Morgan fingerprint density at radius 2 is 1.95 bits per heavy atom. The lowest BCUT2D eigenvalue weighted by atomic mass is 9.81. The minimum atomic E-state index is -0.277. The molecule has 1 aromatic heterocycles. The monoisotopic (exact) mass is 287 g/mol. The molecule has 2 aromatic rings. The molecule has 1 aliphatic heterocycles. The van der Waals surface area contributed by atoms with Crippen LogP contribution in [0.3, 0.4) is 0 Å². The van der Waals surface area contributed by atoms with Gasteiger partial charge in [0.25, 0.3) is 0 Å². The van der Waals surface area contributed by atoms with Crippen molar-refractivity contribution >= 4 is 10.9 Å². The summed E-state index contributed by atoms with van der Waals surface area (Å²) in [4.78, 5) is 3.38. The Kier molecular flexibility index (Phi) is 3.16. The van der Waals surface area contributed by atoms with E-state index in [2.05, 4.69) is 23.3 Å². The third-order valence-electron chi connectivity index (χ3n) is 4.93. The molecule has 1 N–H and O–H groups in total. The van der Waals surface area contributed by atoms with Gasteiger partial charge >= 0.3 is 0 Å². The Morgan fingerprint density at radius 3 is 2.67 bits per heavy atom. The van der Waals surface area contributed by atoms with E-state index >= 15 is 0 Å². The second-order valence-electron chi connectivity index (χ2n) is 6.01. The molecular formula is C17H21NO3. The second kappa shape index (κ2) is 5.04. The summed E-state index contributed by atoms with van der Waals surface area (Å²) >= 11 is 0. The standard InChI is InChI=1S/C17H21NO3/c1-19-15-4-2-3-13-14(11-18-16(13)15)12-5-7-17(8-6-12)20-9-10-21-17/h2-4,11-12,18H,5-10H2,1H3. The summed E-state index contributed by atoms with van der Waals surface area (Å²) in [5, 5.41) is 1.28. The van der Waals surface area contributed by atoms with Crippen molar-refractivity contribution in [3.05, 3.63) is 30.0 Å². The Labute approximate surface area is 124 Å². The van der Waals surface area contributed by atoms with Crippen molar-refractivity contribution < 1.29 is 14.2 Å². The molecule has 0 bridgehead atoms. The summed E-state index contributed by atoms with van der Waals surface area (Å²) in [6.45, 7) is 1.49. The Balaban J connectivity index is 1.60. The average molecular weight is 287 g/mol. The molecule has 2 fully saturated rings. The summed E-state index contributed by atoms with van der Waals surface area (Å²) in [5.41, 5.74) is 2.50. The highest BCUT2D eigenvalue weighted by molar-refractivity contribution is 5.88. The first-order chi connectivity index (χ1) is 10.3. The van der Waals surface area contributed by atoms with Crippen molar-refractivity contribution in [1.29, 1.82) is 0 Å². The predicted molar refractivity (Wildman–Crippen MR) is 80.7 cm³/mol. The number of hydrogen-bond donors (Lipinski definition) is 1. The highest BCUT2D eigenvalue weighted by Gasteiger charge is 2.40.